The zero-order chi connectivity index (χ0) is 21.2. The van der Waals surface area contributed by atoms with Crippen LogP contribution in [0.1, 0.15) is 42.9 Å². The smallest absolute Gasteiger partial charge is 0.163 e. The highest BCUT2D eigenvalue weighted by atomic mass is 15.3. The molecule has 7 nitrogen and oxygen atoms in total. The first-order valence-electron chi connectivity index (χ1n) is 11.8. The van der Waals surface area contributed by atoms with E-state index < -0.39 is 0 Å². The predicted octanol–water partition coefficient (Wildman–Crippen LogP) is 3.94. The molecule has 0 radical (unpaired) electrons. The summed E-state index contributed by atoms with van der Waals surface area (Å²) in [6.45, 7) is 5.04. The second-order valence-corrected chi connectivity index (χ2v) is 9.69. The van der Waals surface area contributed by atoms with Crippen LogP contribution < -0.4 is 10.2 Å². The fourth-order valence-electron chi connectivity index (χ4n) is 5.28. The third kappa shape index (κ3) is 3.06. The van der Waals surface area contributed by atoms with E-state index in [1.165, 1.54) is 36.6 Å². The standard InChI is InChI=1S/C25H27N7/c1-14-10-18-17(6-7-28-23(18)29-14)24-30-20-12-26-11-19(15-2-3-15)22(20)25(31-24)32-9-8-27-21(13-32)16-4-5-16/h6-7,10-12,15-16,21,27H,2-5,8-9,13H2,1H3,(H,28,29)/t21-/m1/s1. The van der Waals surface area contributed by atoms with Crippen molar-refractivity contribution in [1.29, 1.82) is 0 Å². The molecule has 1 atom stereocenters. The number of aryl methyl sites for hydroxylation is 1. The van der Waals surface area contributed by atoms with Crippen molar-refractivity contribution >= 4 is 27.8 Å². The van der Waals surface area contributed by atoms with Crippen molar-refractivity contribution in [1.82, 2.24) is 30.2 Å². The van der Waals surface area contributed by atoms with Crippen LogP contribution in [0.3, 0.4) is 0 Å². The predicted molar refractivity (Wildman–Crippen MR) is 126 cm³/mol. The minimum Gasteiger partial charge on any atom is -0.353 e. The van der Waals surface area contributed by atoms with Crippen LogP contribution >= 0.6 is 0 Å². The van der Waals surface area contributed by atoms with Gasteiger partial charge in [-0.15, -0.1) is 0 Å². The van der Waals surface area contributed by atoms with Gasteiger partial charge in [0.05, 0.1) is 11.7 Å². The van der Waals surface area contributed by atoms with Crippen molar-refractivity contribution in [3.05, 3.63) is 42.0 Å². The molecule has 0 bridgehead atoms. The van der Waals surface area contributed by atoms with Gasteiger partial charge in [0.25, 0.3) is 0 Å². The average molecular weight is 426 g/mol. The average Bonchev–Trinajstić information content (AvgIpc) is 3.74. The molecular weight excluding hydrogens is 398 g/mol. The molecule has 32 heavy (non-hydrogen) atoms. The number of aromatic amines is 1. The van der Waals surface area contributed by atoms with E-state index in [4.69, 9.17) is 9.97 Å². The summed E-state index contributed by atoms with van der Waals surface area (Å²) in [5.41, 5.74) is 5.27. The molecule has 2 N–H and O–H groups in total. The Bertz CT molecular complexity index is 1340. The molecule has 2 aliphatic carbocycles. The van der Waals surface area contributed by atoms with Gasteiger partial charge >= 0.3 is 0 Å². The lowest BCUT2D eigenvalue weighted by Gasteiger charge is -2.35. The van der Waals surface area contributed by atoms with Gasteiger partial charge in [-0.25, -0.2) is 15.0 Å². The van der Waals surface area contributed by atoms with Gasteiger partial charge in [0.15, 0.2) is 5.82 Å². The Labute approximate surface area is 186 Å². The molecule has 4 aromatic heterocycles. The van der Waals surface area contributed by atoms with Crippen molar-refractivity contribution < 1.29 is 0 Å². The molecule has 5 heterocycles. The Hall–Kier alpha value is -3.06. The maximum atomic E-state index is 5.26. The SMILES string of the molecule is Cc1cc2c(-c3nc(N4CCN[C@@H](C5CC5)C4)c4c(C5CC5)cncc4n3)ccnc2[nH]1. The second-order valence-electron chi connectivity index (χ2n) is 9.69. The molecule has 3 aliphatic rings. The Balaban J connectivity index is 1.43. The van der Waals surface area contributed by atoms with E-state index in [0.29, 0.717) is 12.0 Å². The van der Waals surface area contributed by atoms with Gasteiger partial charge in [0, 0.05) is 60.1 Å². The van der Waals surface area contributed by atoms with Crippen molar-refractivity contribution in [2.24, 2.45) is 5.92 Å². The van der Waals surface area contributed by atoms with Crippen LogP contribution in [-0.2, 0) is 0 Å². The molecule has 0 spiro atoms. The normalized spacial score (nSPS) is 21.5. The van der Waals surface area contributed by atoms with Crippen LogP contribution in [0, 0.1) is 12.8 Å². The third-order valence-corrected chi connectivity index (χ3v) is 7.24. The highest BCUT2D eigenvalue weighted by Gasteiger charge is 2.36. The van der Waals surface area contributed by atoms with Gasteiger partial charge in [-0.3, -0.25) is 4.98 Å². The molecule has 162 valence electrons. The quantitative estimate of drug-likeness (QED) is 0.515. The number of hydrogen-bond donors (Lipinski definition) is 2. The lowest BCUT2D eigenvalue weighted by Crippen LogP contribution is -2.52. The first-order chi connectivity index (χ1) is 15.7. The van der Waals surface area contributed by atoms with E-state index >= 15 is 0 Å². The van der Waals surface area contributed by atoms with Gasteiger partial charge in [-0.2, -0.15) is 0 Å². The Morgan fingerprint density at radius 1 is 1.09 bits per heavy atom. The fourth-order valence-corrected chi connectivity index (χ4v) is 5.28. The van der Waals surface area contributed by atoms with Crippen LogP contribution in [0.25, 0.3) is 33.3 Å². The van der Waals surface area contributed by atoms with Crippen LogP contribution in [0.15, 0.2) is 30.7 Å². The Morgan fingerprint density at radius 2 is 2.00 bits per heavy atom. The molecule has 4 aromatic rings. The summed E-state index contributed by atoms with van der Waals surface area (Å²) in [6, 6.07) is 4.73. The van der Waals surface area contributed by atoms with Crippen LogP contribution in [0.4, 0.5) is 5.82 Å². The highest BCUT2D eigenvalue weighted by molar-refractivity contribution is 5.97. The van der Waals surface area contributed by atoms with Crippen molar-refractivity contribution in [2.45, 2.75) is 44.6 Å². The van der Waals surface area contributed by atoms with E-state index in [2.05, 4.69) is 38.2 Å². The number of aromatic nitrogens is 5. The number of fused-ring (bicyclic) bond motifs is 2. The summed E-state index contributed by atoms with van der Waals surface area (Å²) in [6.07, 6.45) is 11.0. The molecule has 3 fully saturated rings. The van der Waals surface area contributed by atoms with E-state index in [-0.39, 0.29) is 0 Å². The van der Waals surface area contributed by atoms with Gasteiger partial charge < -0.3 is 15.2 Å². The summed E-state index contributed by atoms with van der Waals surface area (Å²) < 4.78 is 0. The fraction of sp³-hybridized carbons (Fsp3) is 0.440. The number of rotatable bonds is 4. The lowest BCUT2D eigenvalue weighted by molar-refractivity contribution is 0.418. The second kappa shape index (κ2) is 6.97. The van der Waals surface area contributed by atoms with Crippen LogP contribution in [-0.4, -0.2) is 50.6 Å². The summed E-state index contributed by atoms with van der Waals surface area (Å²) in [5.74, 6) is 3.26. The van der Waals surface area contributed by atoms with Crippen LogP contribution in [0.5, 0.6) is 0 Å². The zero-order valence-electron chi connectivity index (χ0n) is 18.3. The number of anilines is 1. The maximum absolute atomic E-state index is 5.26. The molecule has 7 heteroatoms. The lowest BCUT2D eigenvalue weighted by atomic mass is 10.0. The van der Waals surface area contributed by atoms with Crippen molar-refractivity contribution in [3.8, 4) is 11.4 Å². The molecule has 0 unspecified atom stereocenters. The molecule has 2 saturated carbocycles. The first-order valence-corrected chi connectivity index (χ1v) is 11.8. The van der Waals surface area contributed by atoms with E-state index in [0.717, 1.165) is 65.0 Å². The minimum atomic E-state index is 0.559. The van der Waals surface area contributed by atoms with Crippen molar-refractivity contribution in [2.75, 3.05) is 24.5 Å². The number of piperazine rings is 1. The van der Waals surface area contributed by atoms with E-state index in [1.807, 2.05) is 24.7 Å². The van der Waals surface area contributed by atoms with Crippen molar-refractivity contribution in [3.63, 3.8) is 0 Å². The summed E-state index contributed by atoms with van der Waals surface area (Å²) >= 11 is 0. The Kier molecular flexibility index (Phi) is 4.03. The summed E-state index contributed by atoms with van der Waals surface area (Å²) in [4.78, 5) is 25.2. The van der Waals surface area contributed by atoms with Gasteiger partial charge in [-0.05, 0) is 62.1 Å². The molecule has 1 saturated heterocycles. The highest BCUT2D eigenvalue weighted by Crippen LogP contribution is 2.45. The topological polar surface area (TPSA) is 82.6 Å². The van der Waals surface area contributed by atoms with E-state index in [9.17, 15) is 0 Å². The molecule has 1 aliphatic heterocycles. The number of pyridine rings is 2. The number of hydrogen-bond acceptors (Lipinski definition) is 6. The Morgan fingerprint density at radius 3 is 2.84 bits per heavy atom. The number of H-pyrrole nitrogens is 1. The summed E-state index contributed by atoms with van der Waals surface area (Å²) in [7, 11) is 0. The third-order valence-electron chi connectivity index (χ3n) is 7.24. The molecule has 7 rings (SSSR count). The summed E-state index contributed by atoms with van der Waals surface area (Å²) in [5, 5.41) is 6.02. The monoisotopic (exact) mass is 425 g/mol. The number of nitrogens with zero attached hydrogens (tertiary/aromatic N) is 5. The molecule has 0 aromatic carbocycles. The minimum absolute atomic E-state index is 0.559. The first kappa shape index (κ1) is 18.5. The number of nitrogens with one attached hydrogen (secondary N) is 2. The maximum Gasteiger partial charge on any atom is 0.163 e. The molecule has 0 amide bonds. The zero-order valence-corrected chi connectivity index (χ0v) is 18.3. The van der Waals surface area contributed by atoms with Gasteiger partial charge in [0.1, 0.15) is 11.5 Å². The van der Waals surface area contributed by atoms with E-state index in [1.54, 1.807) is 0 Å². The largest absolute Gasteiger partial charge is 0.353 e. The van der Waals surface area contributed by atoms with Gasteiger partial charge in [-0.1, -0.05) is 0 Å². The van der Waals surface area contributed by atoms with Crippen LogP contribution in [0.2, 0.25) is 0 Å². The molecular formula is C25H27N7. The van der Waals surface area contributed by atoms with Gasteiger partial charge in [0.2, 0.25) is 0 Å².